The lowest BCUT2D eigenvalue weighted by Gasteiger charge is -2.31. The van der Waals surface area contributed by atoms with Gasteiger partial charge in [-0.25, -0.2) is 19.5 Å². The number of hydrogen-bond acceptors (Lipinski definition) is 13. The number of aromatic nitrogens is 4. The summed E-state index contributed by atoms with van der Waals surface area (Å²) >= 11 is 1.00. The van der Waals surface area contributed by atoms with E-state index in [1.165, 1.54) is 18.9 Å². The Morgan fingerprint density at radius 2 is 2.08 bits per heavy atom. The standard InChI is InChI=1S/C25H26N5O8PS/c1-13(2)25(32)36-16-5-3-14(4-6-16)11-40-39(33)35-10-17-20(38-39)19(31)24(37-17)30-22(15-7-8-34-9-15)29-18-21(26)27-12-28-23(18)30/h3-9,12-13,17,19-20,24,31H,10-11H2,1-2H3,(H2,26,27,28)/t17?,19-,20-,24?,39+/m0/s1. The fourth-order valence-corrected chi connectivity index (χ4v) is 7.81. The first kappa shape index (κ1) is 26.9. The molecule has 2 aliphatic rings. The highest BCUT2D eigenvalue weighted by Gasteiger charge is 2.53. The van der Waals surface area contributed by atoms with Gasteiger partial charge in [-0.3, -0.25) is 18.4 Å². The van der Waals surface area contributed by atoms with Crippen molar-refractivity contribution >= 4 is 41.1 Å². The summed E-state index contributed by atoms with van der Waals surface area (Å²) in [4.78, 5) is 24.7. The molecule has 3 N–H and O–H groups in total. The Labute approximate surface area is 232 Å². The van der Waals surface area contributed by atoms with Gasteiger partial charge in [0.1, 0.15) is 42.5 Å². The first-order chi connectivity index (χ1) is 19.2. The fraction of sp³-hybridized carbons (Fsp3) is 0.360. The topological polar surface area (TPSA) is 174 Å². The average molecular weight is 588 g/mol. The Morgan fingerprint density at radius 1 is 1.27 bits per heavy atom. The van der Waals surface area contributed by atoms with E-state index in [1.54, 1.807) is 48.7 Å². The zero-order valence-electron chi connectivity index (χ0n) is 21.4. The smallest absolute Gasteiger partial charge is 0.389 e. The zero-order chi connectivity index (χ0) is 28.0. The van der Waals surface area contributed by atoms with Crippen LogP contribution in [0.1, 0.15) is 25.6 Å². The van der Waals surface area contributed by atoms with Gasteiger partial charge in [-0.1, -0.05) is 26.0 Å². The van der Waals surface area contributed by atoms with Crippen molar-refractivity contribution in [3.63, 3.8) is 0 Å². The van der Waals surface area contributed by atoms with Gasteiger partial charge in [0.2, 0.25) is 0 Å². The molecule has 5 atom stereocenters. The summed E-state index contributed by atoms with van der Waals surface area (Å²) in [6, 6.07) is 8.60. The number of nitrogens with two attached hydrogens (primary N) is 1. The molecule has 4 aromatic rings. The van der Waals surface area contributed by atoms with Gasteiger partial charge in [0.15, 0.2) is 23.2 Å². The van der Waals surface area contributed by atoms with Gasteiger partial charge < -0.3 is 24.7 Å². The largest absolute Gasteiger partial charge is 0.472 e. The number of nitrogens with zero attached hydrogens (tertiary/aromatic N) is 4. The predicted molar refractivity (Wildman–Crippen MR) is 144 cm³/mol. The van der Waals surface area contributed by atoms with Crippen molar-refractivity contribution < 1.29 is 37.4 Å². The van der Waals surface area contributed by atoms with Crippen molar-refractivity contribution in [2.24, 2.45) is 5.92 Å². The van der Waals surface area contributed by atoms with E-state index in [0.29, 0.717) is 34.1 Å². The second-order valence-electron chi connectivity index (χ2n) is 9.61. The normalized spacial score (nSPS) is 26.3. The Balaban J connectivity index is 1.18. The van der Waals surface area contributed by atoms with Crippen LogP contribution in [-0.4, -0.2) is 55.5 Å². The van der Waals surface area contributed by atoms with Crippen LogP contribution in [0, 0.1) is 5.92 Å². The van der Waals surface area contributed by atoms with Crippen LogP contribution in [-0.2, 0) is 28.9 Å². The lowest BCUT2D eigenvalue weighted by Crippen LogP contribution is -2.38. The van der Waals surface area contributed by atoms with Gasteiger partial charge in [-0.2, -0.15) is 0 Å². The van der Waals surface area contributed by atoms with E-state index < -0.39 is 31.3 Å². The van der Waals surface area contributed by atoms with Crippen LogP contribution in [0.25, 0.3) is 22.6 Å². The molecule has 2 saturated heterocycles. The number of rotatable bonds is 7. The summed E-state index contributed by atoms with van der Waals surface area (Å²) in [6.07, 6.45) is 0.471. The zero-order valence-corrected chi connectivity index (χ0v) is 23.2. The molecule has 210 valence electrons. The van der Waals surface area contributed by atoms with Crippen molar-refractivity contribution in [3.8, 4) is 17.1 Å². The third-order valence-corrected chi connectivity index (χ3v) is 10.2. The maximum Gasteiger partial charge on any atom is 0.389 e. The molecule has 1 aromatic carbocycles. The van der Waals surface area contributed by atoms with Crippen molar-refractivity contribution in [3.05, 3.63) is 54.7 Å². The molecule has 2 aliphatic heterocycles. The number of carbonyl (C=O) groups excluding carboxylic acids is 1. The van der Waals surface area contributed by atoms with Crippen molar-refractivity contribution in [2.45, 2.75) is 44.1 Å². The fourth-order valence-electron chi connectivity index (χ4n) is 4.41. The number of hydrogen-bond donors (Lipinski definition) is 2. The number of anilines is 1. The number of nitrogen functional groups attached to an aromatic ring is 1. The summed E-state index contributed by atoms with van der Waals surface area (Å²) in [5.41, 5.74) is 8.18. The summed E-state index contributed by atoms with van der Waals surface area (Å²) < 4.78 is 43.3. The van der Waals surface area contributed by atoms with E-state index in [1.807, 2.05) is 0 Å². The highest BCUT2D eigenvalue weighted by molar-refractivity contribution is 8.54. The molecule has 6 rings (SSSR count). The Bertz CT molecular complexity index is 1580. The quantitative estimate of drug-likeness (QED) is 0.181. The van der Waals surface area contributed by atoms with E-state index in [9.17, 15) is 14.5 Å². The Morgan fingerprint density at radius 3 is 2.80 bits per heavy atom. The molecule has 0 spiro atoms. The number of esters is 1. The van der Waals surface area contributed by atoms with E-state index in [0.717, 1.165) is 16.9 Å². The number of benzene rings is 1. The summed E-state index contributed by atoms with van der Waals surface area (Å²) in [6.45, 7) is -0.175. The summed E-state index contributed by atoms with van der Waals surface area (Å²) in [7, 11) is 0. The number of furan rings is 1. The molecule has 2 unspecified atom stereocenters. The molecule has 0 bridgehead atoms. The molecule has 2 fully saturated rings. The van der Waals surface area contributed by atoms with Crippen LogP contribution >= 0.6 is 18.2 Å². The SMILES string of the molecule is CC(C)C(=O)Oc1ccc(CS[P@]2(=O)OCC3OC(n4c(-c5ccoc5)nc5c(N)ncnc54)[C@@H](O)[C@H]3O2)cc1. The van der Waals surface area contributed by atoms with Crippen molar-refractivity contribution in [1.82, 2.24) is 19.5 Å². The van der Waals surface area contributed by atoms with Gasteiger partial charge in [0.05, 0.1) is 24.4 Å². The molecule has 13 nitrogen and oxygen atoms in total. The van der Waals surface area contributed by atoms with Gasteiger partial charge in [0.25, 0.3) is 0 Å². The van der Waals surface area contributed by atoms with E-state index >= 15 is 0 Å². The highest BCUT2D eigenvalue weighted by Crippen LogP contribution is 2.66. The third kappa shape index (κ3) is 5.02. The molecule has 0 saturated carbocycles. The number of ether oxygens (including phenoxy) is 2. The molecular weight excluding hydrogens is 561 g/mol. The predicted octanol–water partition coefficient (Wildman–Crippen LogP) is 3.95. The maximum atomic E-state index is 13.5. The van der Waals surface area contributed by atoms with E-state index in [4.69, 9.17) is 28.7 Å². The molecule has 3 aromatic heterocycles. The highest BCUT2D eigenvalue weighted by atomic mass is 32.7. The second-order valence-corrected chi connectivity index (χ2v) is 13.6. The minimum absolute atomic E-state index is 0.0443. The molecule has 0 radical (unpaired) electrons. The molecule has 0 amide bonds. The minimum Gasteiger partial charge on any atom is -0.472 e. The Hall–Kier alpha value is -3.26. The number of fused-ring (bicyclic) bond motifs is 2. The van der Waals surface area contributed by atoms with E-state index in [2.05, 4.69) is 15.0 Å². The minimum atomic E-state index is -3.65. The van der Waals surface area contributed by atoms with Gasteiger partial charge in [-0.05, 0) is 35.1 Å². The lowest BCUT2D eigenvalue weighted by atomic mass is 10.1. The number of carbonyl (C=O) groups is 1. The molecular formula is C25H26N5O8PS. The van der Waals surface area contributed by atoms with E-state index in [-0.39, 0.29) is 24.3 Å². The third-order valence-electron chi connectivity index (χ3n) is 6.50. The van der Waals surface area contributed by atoms with Crippen LogP contribution in [0.4, 0.5) is 5.82 Å². The summed E-state index contributed by atoms with van der Waals surface area (Å²) in [5.74, 6) is 0.746. The average Bonchev–Trinajstić information content (AvgIpc) is 3.67. The van der Waals surface area contributed by atoms with Crippen LogP contribution in [0.15, 0.2) is 53.6 Å². The van der Waals surface area contributed by atoms with Gasteiger partial charge in [0, 0.05) is 5.75 Å². The van der Waals surface area contributed by atoms with Gasteiger partial charge in [-0.15, -0.1) is 0 Å². The van der Waals surface area contributed by atoms with Crippen LogP contribution < -0.4 is 10.5 Å². The number of aliphatic hydroxyl groups is 1. The van der Waals surface area contributed by atoms with Crippen LogP contribution in [0.2, 0.25) is 0 Å². The lowest BCUT2D eigenvalue weighted by molar-refractivity contribution is -0.137. The number of imidazole rings is 1. The first-order valence-corrected chi connectivity index (χ1v) is 15.6. The number of aliphatic hydroxyl groups excluding tert-OH is 1. The molecule has 5 heterocycles. The molecule has 40 heavy (non-hydrogen) atoms. The summed E-state index contributed by atoms with van der Waals surface area (Å²) in [5, 5.41) is 11.3. The van der Waals surface area contributed by atoms with Crippen LogP contribution in [0.5, 0.6) is 5.75 Å². The second kappa shape index (κ2) is 10.6. The van der Waals surface area contributed by atoms with Crippen molar-refractivity contribution in [1.29, 1.82) is 0 Å². The molecule has 0 aliphatic carbocycles. The first-order valence-electron chi connectivity index (χ1n) is 12.4. The maximum absolute atomic E-state index is 13.5. The molecule has 15 heteroatoms. The van der Waals surface area contributed by atoms with Gasteiger partial charge >= 0.3 is 12.8 Å². The van der Waals surface area contributed by atoms with Crippen LogP contribution in [0.3, 0.4) is 0 Å². The Kier molecular flexibility index (Phi) is 7.15. The monoisotopic (exact) mass is 587 g/mol. The van der Waals surface area contributed by atoms with Crippen molar-refractivity contribution in [2.75, 3.05) is 12.3 Å².